The van der Waals surface area contributed by atoms with Crippen molar-refractivity contribution in [2.75, 3.05) is 24.5 Å². The van der Waals surface area contributed by atoms with Gasteiger partial charge in [0.2, 0.25) is 0 Å². The number of likely N-dealkylation sites (tertiary alicyclic amines) is 1. The van der Waals surface area contributed by atoms with Crippen LogP contribution in [0.5, 0.6) is 5.75 Å². The maximum atomic E-state index is 13.2. The molecule has 0 N–H and O–H groups in total. The predicted octanol–water partition coefficient (Wildman–Crippen LogP) is 5.66. The molecule has 2 aromatic carbocycles. The van der Waals surface area contributed by atoms with Crippen LogP contribution in [0.2, 0.25) is 5.02 Å². The van der Waals surface area contributed by atoms with E-state index in [9.17, 15) is 9.59 Å². The zero-order chi connectivity index (χ0) is 24.7. The van der Waals surface area contributed by atoms with Crippen LogP contribution in [0.3, 0.4) is 0 Å². The second-order valence-corrected chi connectivity index (χ2v) is 11.1. The minimum atomic E-state index is -0.512. The van der Waals surface area contributed by atoms with Crippen molar-refractivity contribution in [1.29, 1.82) is 0 Å². The monoisotopic (exact) mass is 511 g/mol. The first kappa shape index (κ1) is 23.6. The summed E-state index contributed by atoms with van der Waals surface area (Å²) < 4.78 is 11.4. The third-order valence-corrected chi connectivity index (χ3v) is 7.14. The normalized spacial score (nSPS) is 16.1. The molecule has 3 heterocycles. The van der Waals surface area contributed by atoms with Gasteiger partial charge in [0.25, 0.3) is 5.91 Å². The Morgan fingerprint density at radius 3 is 2.43 bits per heavy atom. The standard InChI is InChI=1S/C26H26ClN3O4S/c1-26(2,3)34-25(32)29-14-20(15-29)33-19-10-8-18(9-11-19)30-13-12-21-22(24(30)31)35-23(28-21)16-4-6-17(27)7-5-16/h4-11,20H,12-15H2,1-3H3. The molecule has 0 spiro atoms. The highest BCUT2D eigenvalue weighted by molar-refractivity contribution is 7.17. The maximum Gasteiger partial charge on any atom is 0.410 e. The third-order valence-electron chi connectivity index (χ3n) is 5.75. The summed E-state index contributed by atoms with van der Waals surface area (Å²) in [5.74, 6) is 0.667. The molecule has 7 nitrogen and oxygen atoms in total. The summed E-state index contributed by atoms with van der Waals surface area (Å²) in [4.78, 5) is 34.1. The third kappa shape index (κ3) is 5.13. The van der Waals surface area contributed by atoms with Crippen LogP contribution in [-0.4, -0.2) is 53.2 Å². The number of aromatic nitrogens is 1. The van der Waals surface area contributed by atoms with Crippen LogP contribution < -0.4 is 9.64 Å². The molecule has 1 saturated heterocycles. The SMILES string of the molecule is CC(C)(C)OC(=O)N1CC(Oc2ccc(N3CCc4nc(-c5ccc(Cl)cc5)sc4C3=O)cc2)C1. The van der Waals surface area contributed by atoms with E-state index < -0.39 is 5.60 Å². The lowest BCUT2D eigenvalue weighted by atomic mass is 10.1. The number of rotatable bonds is 4. The molecule has 0 aliphatic carbocycles. The average molecular weight is 512 g/mol. The number of amides is 2. The second kappa shape index (κ2) is 9.17. The second-order valence-electron chi connectivity index (χ2n) is 9.63. The smallest absolute Gasteiger partial charge is 0.410 e. The molecule has 9 heteroatoms. The quantitative estimate of drug-likeness (QED) is 0.451. The number of ether oxygens (including phenoxy) is 2. The first-order valence-corrected chi connectivity index (χ1v) is 12.7. The van der Waals surface area contributed by atoms with E-state index in [1.54, 1.807) is 9.80 Å². The van der Waals surface area contributed by atoms with Gasteiger partial charge in [-0.2, -0.15) is 0 Å². The van der Waals surface area contributed by atoms with Crippen molar-refractivity contribution in [3.8, 4) is 16.3 Å². The van der Waals surface area contributed by atoms with Crippen LogP contribution >= 0.6 is 22.9 Å². The first-order valence-electron chi connectivity index (χ1n) is 11.5. The molecule has 2 aliphatic heterocycles. The lowest BCUT2D eigenvalue weighted by Crippen LogP contribution is -2.57. The van der Waals surface area contributed by atoms with E-state index in [0.29, 0.717) is 41.7 Å². The lowest BCUT2D eigenvalue weighted by Gasteiger charge is -2.39. The number of carbonyl (C=O) groups excluding carboxylic acids is 2. The highest BCUT2D eigenvalue weighted by Gasteiger charge is 2.35. The fourth-order valence-corrected chi connectivity index (χ4v) is 5.17. The number of halogens is 1. The molecular weight excluding hydrogens is 486 g/mol. The molecule has 5 rings (SSSR count). The molecule has 2 aliphatic rings. The van der Waals surface area contributed by atoms with Crippen LogP contribution in [-0.2, 0) is 11.2 Å². The number of hydrogen-bond donors (Lipinski definition) is 0. The van der Waals surface area contributed by atoms with Gasteiger partial charge in [-0.25, -0.2) is 9.78 Å². The number of nitrogens with zero attached hydrogens (tertiary/aromatic N) is 3. The van der Waals surface area contributed by atoms with Crippen molar-refractivity contribution in [2.24, 2.45) is 0 Å². The fraction of sp³-hybridized carbons (Fsp3) is 0.346. The van der Waals surface area contributed by atoms with Gasteiger partial charge < -0.3 is 19.3 Å². The van der Waals surface area contributed by atoms with Gasteiger partial charge >= 0.3 is 6.09 Å². The minimum absolute atomic E-state index is 0.0374. The molecule has 0 atom stereocenters. The van der Waals surface area contributed by atoms with E-state index in [2.05, 4.69) is 0 Å². The topological polar surface area (TPSA) is 72.0 Å². The Bertz CT molecular complexity index is 1250. The Kier molecular flexibility index (Phi) is 6.19. The number of fused-ring (bicyclic) bond motifs is 1. The summed E-state index contributed by atoms with van der Waals surface area (Å²) in [5, 5.41) is 1.49. The first-order chi connectivity index (χ1) is 16.7. The van der Waals surface area contributed by atoms with E-state index in [1.807, 2.05) is 69.3 Å². The zero-order valence-corrected chi connectivity index (χ0v) is 21.4. The highest BCUT2D eigenvalue weighted by atomic mass is 35.5. The van der Waals surface area contributed by atoms with Gasteiger partial charge in [0.15, 0.2) is 0 Å². The molecule has 1 fully saturated rings. The fourth-order valence-electron chi connectivity index (χ4n) is 3.98. The molecule has 3 aromatic rings. The molecule has 0 radical (unpaired) electrons. The molecule has 35 heavy (non-hydrogen) atoms. The van der Waals surface area contributed by atoms with Crippen molar-refractivity contribution in [3.63, 3.8) is 0 Å². The van der Waals surface area contributed by atoms with Gasteiger partial charge in [0, 0.05) is 29.2 Å². The van der Waals surface area contributed by atoms with Crippen LogP contribution in [0.15, 0.2) is 48.5 Å². The molecule has 0 bridgehead atoms. The van der Waals surface area contributed by atoms with E-state index in [0.717, 1.165) is 22.0 Å². The van der Waals surface area contributed by atoms with E-state index in [1.165, 1.54) is 11.3 Å². The number of benzene rings is 2. The van der Waals surface area contributed by atoms with Crippen molar-refractivity contribution in [1.82, 2.24) is 9.88 Å². The van der Waals surface area contributed by atoms with Gasteiger partial charge in [-0.1, -0.05) is 23.7 Å². The summed E-state index contributed by atoms with van der Waals surface area (Å²) in [6, 6.07) is 15.0. The Morgan fingerprint density at radius 2 is 1.77 bits per heavy atom. The molecular formula is C26H26ClN3O4S. The molecule has 0 saturated carbocycles. The number of carbonyl (C=O) groups is 2. The lowest BCUT2D eigenvalue weighted by molar-refractivity contribution is -0.0221. The van der Waals surface area contributed by atoms with E-state index in [4.69, 9.17) is 26.1 Å². The summed E-state index contributed by atoms with van der Waals surface area (Å²) >= 11 is 7.41. The maximum absolute atomic E-state index is 13.2. The van der Waals surface area contributed by atoms with Crippen molar-refractivity contribution >= 4 is 40.6 Å². The molecule has 0 unspecified atom stereocenters. The molecule has 1 aromatic heterocycles. The molecule has 2 amide bonds. The number of hydrogen-bond acceptors (Lipinski definition) is 6. The van der Waals surface area contributed by atoms with Gasteiger partial charge in [0.05, 0.1) is 18.8 Å². The zero-order valence-electron chi connectivity index (χ0n) is 19.8. The summed E-state index contributed by atoms with van der Waals surface area (Å²) in [6.07, 6.45) is 0.306. The van der Waals surface area contributed by atoms with Gasteiger partial charge in [-0.15, -0.1) is 11.3 Å². The Hall–Kier alpha value is -3.10. The highest BCUT2D eigenvalue weighted by Crippen LogP contribution is 2.34. The van der Waals surface area contributed by atoms with Crippen molar-refractivity contribution < 1.29 is 19.1 Å². The van der Waals surface area contributed by atoms with Crippen molar-refractivity contribution in [2.45, 2.75) is 38.9 Å². The largest absolute Gasteiger partial charge is 0.487 e. The average Bonchev–Trinajstić information content (AvgIpc) is 3.21. The van der Waals surface area contributed by atoms with Crippen molar-refractivity contribution in [3.05, 3.63) is 64.1 Å². The summed E-state index contributed by atoms with van der Waals surface area (Å²) in [5.41, 5.74) is 2.11. The number of thiazole rings is 1. The minimum Gasteiger partial charge on any atom is -0.487 e. The summed E-state index contributed by atoms with van der Waals surface area (Å²) in [6.45, 7) is 7.10. The van der Waals surface area contributed by atoms with Gasteiger partial charge in [-0.05, 0) is 57.2 Å². The molecule has 182 valence electrons. The van der Waals surface area contributed by atoms with E-state index >= 15 is 0 Å². The Balaban J connectivity index is 1.20. The number of anilines is 1. The summed E-state index contributed by atoms with van der Waals surface area (Å²) in [7, 11) is 0. The Morgan fingerprint density at radius 1 is 1.09 bits per heavy atom. The Labute approximate surface area is 213 Å². The van der Waals surface area contributed by atoms with Crippen LogP contribution in [0.25, 0.3) is 10.6 Å². The van der Waals surface area contributed by atoms with Gasteiger partial charge in [-0.3, -0.25) is 4.79 Å². The van der Waals surface area contributed by atoms with Gasteiger partial charge in [0.1, 0.15) is 27.3 Å². The van der Waals surface area contributed by atoms with E-state index in [-0.39, 0.29) is 18.1 Å². The van der Waals surface area contributed by atoms with Crippen LogP contribution in [0.1, 0.15) is 36.1 Å². The van der Waals surface area contributed by atoms with Crippen LogP contribution in [0, 0.1) is 0 Å². The predicted molar refractivity (Wildman–Crippen MR) is 137 cm³/mol. The van der Waals surface area contributed by atoms with Crippen LogP contribution in [0.4, 0.5) is 10.5 Å².